The Kier molecular flexibility index (Phi) is 4.49. The molecule has 0 bridgehead atoms. The van der Waals surface area contributed by atoms with Crippen LogP contribution >= 0.6 is 0 Å². The third-order valence-corrected chi connectivity index (χ3v) is 2.61. The monoisotopic (exact) mass is 212 g/mol. The lowest BCUT2D eigenvalue weighted by atomic mass is 10.00. The van der Waals surface area contributed by atoms with Crippen molar-refractivity contribution in [3.63, 3.8) is 0 Å². The van der Waals surface area contributed by atoms with Crippen molar-refractivity contribution in [2.24, 2.45) is 5.92 Å². The molecular formula is C11H17FN2O. The second kappa shape index (κ2) is 5.66. The zero-order chi connectivity index (χ0) is 11.3. The number of nitrogens with zero attached hydrogens (tertiary/aromatic N) is 1. The summed E-state index contributed by atoms with van der Waals surface area (Å²) in [6.07, 6.45) is 2.45. The SMILES string of the molecule is CC[C@H](C)[C@@H](CO)Nc1ncccc1F. The van der Waals surface area contributed by atoms with Crippen LogP contribution in [-0.4, -0.2) is 22.7 Å². The molecule has 4 heteroatoms. The molecule has 84 valence electrons. The molecular weight excluding hydrogens is 195 g/mol. The Morgan fingerprint density at radius 1 is 1.60 bits per heavy atom. The number of hydrogen-bond acceptors (Lipinski definition) is 3. The summed E-state index contributed by atoms with van der Waals surface area (Å²) in [5.41, 5.74) is 0. The quantitative estimate of drug-likeness (QED) is 0.785. The molecule has 0 aliphatic rings. The van der Waals surface area contributed by atoms with Gasteiger partial charge in [-0.15, -0.1) is 0 Å². The van der Waals surface area contributed by atoms with Gasteiger partial charge in [-0.05, 0) is 18.1 Å². The first-order valence-electron chi connectivity index (χ1n) is 5.17. The Morgan fingerprint density at radius 3 is 2.87 bits per heavy atom. The van der Waals surface area contributed by atoms with E-state index in [0.29, 0.717) is 0 Å². The van der Waals surface area contributed by atoms with Crippen LogP contribution in [0.1, 0.15) is 20.3 Å². The number of halogens is 1. The van der Waals surface area contributed by atoms with Crippen molar-refractivity contribution in [2.45, 2.75) is 26.3 Å². The van der Waals surface area contributed by atoms with Gasteiger partial charge in [0.25, 0.3) is 0 Å². The number of aliphatic hydroxyl groups excluding tert-OH is 1. The zero-order valence-corrected chi connectivity index (χ0v) is 9.07. The first-order chi connectivity index (χ1) is 7.19. The number of nitrogens with one attached hydrogen (secondary N) is 1. The molecule has 0 fully saturated rings. The Hall–Kier alpha value is -1.16. The Morgan fingerprint density at radius 2 is 2.33 bits per heavy atom. The van der Waals surface area contributed by atoms with Gasteiger partial charge in [0.2, 0.25) is 0 Å². The van der Waals surface area contributed by atoms with E-state index in [1.165, 1.54) is 18.3 Å². The first-order valence-corrected chi connectivity index (χ1v) is 5.17. The third-order valence-electron chi connectivity index (χ3n) is 2.61. The van der Waals surface area contributed by atoms with Crippen molar-refractivity contribution in [2.75, 3.05) is 11.9 Å². The van der Waals surface area contributed by atoms with E-state index in [2.05, 4.69) is 10.3 Å². The van der Waals surface area contributed by atoms with Gasteiger partial charge in [-0.2, -0.15) is 0 Å². The van der Waals surface area contributed by atoms with Crippen molar-refractivity contribution in [1.29, 1.82) is 0 Å². The lowest BCUT2D eigenvalue weighted by molar-refractivity contribution is 0.240. The van der Waals surface area contributed by atoms with Crippen LogP contribution in [-0.2, 0) is 0 Å². The predicted octanol–water partition coefficient (Wildman–Crippen LogP) is 2.04. The van der Waals surface area contributed by atoms with E-state index in [1.54, 1.807) is 0 Å². The molecule has 1 heterocycles. The minimum absolute atomic E-state index is 0.0228. The van der Waals surface area contributed by atoms with Gasteiger partial charge >= 0.3 is 0 Å². The molecule has 0 saturated carbocycles. The van der Waals surface area contributed by atoms with Crippen LogP contribution in [0.15, 0.2) is 18.3 Å². The molecule has 0 unspecified atom stereocenters. The summed E-state index contributed by atoms with van der Waals surface area (Å²) in [7, 11) is 0. The van der Waals surface area contributed by atoms with Gasteiger partial charge in [-0.1, -0.05) is 20.3 Å². The summed E-state index contributed by atoms with van der Waals surface area (Å²) < 4.78 is 13.2. The lowest BCUT2D eigenvalue weighted by Crippen LogP contribution is -2.31. The molecule has 15 heavy (non-hydrogen) atoms. The van der Waals surface area contributed by atoms with Crippen molar-refractivity contribution in [3.05, 3.63) is 24.1 Å². The van der Waals surface area contributed by atoms with Gasteiger partial charge in [0.1, 0.15) is 0 Å². The number of aromatic nitrogens is 1. The van der Waals surface area contributed by atoms with Gasteiger partial charge in [0, 0.05) is 6.20 Å². The summed E-state index contributed by atoms with van der Waals surface area (Å²) >= 11 is 0. The Balaban J connectivity index is 2.71. The molecule has 3 nitrogen and oxygen atoms in total. The number of aliphatic hydroxyl groups is 1. The summed E-state index contributed by atoms with van der Waals surface area (Å²) in [6.45, 7) is 4.02. The second-order valence-corrected chi connectivity index (χ2v) is 3.65. The molecule has 2 atom stereocenters. The zero-order valence-electron chi connectivity index (χ0n) is 9.07. The maximum atomic E-state index is 13.2. The van der Waals surface area contributed by atoms with E-state index < -0.39 is 0 Å². The number of anilines is 1. The minimum Gasteiger partial charge on any atom is -0.394 e. The van der Waals surface area contributed by atoms with Crippen LogP contribution in [0, 0.1) is 11.7 Å². The number of hydrogen-bond donors (Lipinski definition) is 2. The van der Waals surface area contributed by atoms with Crippen molar-refractivity contribution >= 4 is 5.82 Å². The highest BCUT2D eigenvalue weighted by atomic mass is 19.1. The average Bonchev–Trinajstić information content (AvgIpc) is 2.27. The summed E-state index contributed by atoms with van der Waals surface area (Å²) in [5.74, 6) is 0.0903. The molecule has 0 aliphatic carbocycles. The second-order valence-electron chi connectivity index (χ2n) is 3.65. The predicted molar refractivity (Wildman–Crippen MR) is 58.1 cm³/mol. The van der Waals surface area contributed by atoms with Gasteiger partial charge in [-0.25, -0.2) is 9.37 Å². The average molecular weight is 212 g/mol. The van der Waals surface area contributed by atoms with Crippen molar-refractivity contribution < 1.29 is 9.50 Å². The summed E-state index contributed by atoms with van der Waals surface area (Å²) in [6, 6.07) is 2.73. The van der Waals surface area contributed by atoms with Crippen molar-refractivity contribution in [1.82, 2.24) is 4.98 Å². The van der Waals surface area contributed by atoms with Gasteiger partial charge in [0.05, 0.1) is 12.6 Å². The maximum Gasteiger partial charge on any atom is 0.165 e. The van der Waals surface area contributed by atoms with Crippen LogP contribution in [0.4, 0.5) is 10.2 Å². The fraction of sp³-hybridized carbons (Fsp3) is 0.545. The normalized spacial score (nSPS) is 14.7. The summed E-state index contributed by atoms with van der Waals surface area (Å²) in [4.78, 5) is 3.89. The molecule has 1 aromatic heterocycles. The van der Waals surface area contributed by atoms with E-state index in [0.717, 1.165) is 6.42 Å². The van der Waals surface area contributed by atoms with E-state index >= 15 is 0 Å². The van der Waals surface area contributed by atoms with Gasteiger partial charge in [-0.3, -0.25) is 0 Å². The van der Waals surface area contributed by atoms with E-state index in [9.17, 15) is 4.39 Å². The molecule has 0 aromatic carbocycles. The number of rotatable bonds is 5. The number of pyridine rings is 1. The smallest absolute Gasteiger partial charge is 0.165 e. The highest BCUT2D eigenvalue weighted by Gasteiger charge is 2.16. The van der Waals surface area contributed by atoms with Crippen LogP contribution in [0.2, 0.25) is 0 Å². The van der Waals surface area contributed by atoms with Crippen LogP contribution in [0.25, 0.3) is 0 Å². The standard InChI is InChI=1S/C11H17FN2O/c1-3-8(2)10(7-15)14-11-9(12)5-4-6-13-11/h4-6,8,10,15H,3,7H2,1-2H3,(H,13,14)/t8-,10+/m0/s1. The molecule has 0 aliphatic heterocycles. The van der Waals surface area contributed by atoms with Crippen molar-refractivity contribution in [3.8, 4) is 0 Å². The molecule has 0 amide bonds. The topological polar surface area (TPSA) is 45.1 Å². The van der Waals surface area contributed by atoms with Crippen LogP contribution in [0.3, 0.4) is 0 Å². The largest absolute Gasteiger partial charge is 0.394 e. The highest BCUT2D eigenvalue weighted by molar-refractivity contribution is 5.36. The fourth-order valence-corrected chi connectivity index (χ4v) is 1.32. The molecule has 0 radical (unpaired) electrons. The molecule has 1 aromatic rings. The fourth-order valence-electron chi connectivity index (χ4n) is 1.32. The minimum atomic E-state index is -0.390. The molecule has 2 N–H and O–H groups in total. The van der Waals surface area contributed by atoms with Gasteiger partial charge in [0.15, 0.2) is 11.6 Å². The Labute approximate surface area is 89.4 Å². The van der Waals surface area contributed by atoms with E-state index in [1.807, 2.05) is 13.8 Å². The van der Waals surface area contributed by atoms with Crippen LogP contribution in [0.5, 0.6) is 0 Å². The molecule has 0 saturated heterocycles. The molecule has 0 spiro atoms. The highest BCUT2D eigenvalue weighted by Crippen LogP contribution is 2.15. The first kappa shape index (κ1) is 11.9. The van der Waals surface area contributed by atoms with E-state index in [-0.39, 0.29) is 30.2 Å². The Bertz CT molecular complexity index is 306. The van der Waals surface area contributed by atoms with Gasteiger partial charge < -0.3 is 10.4 Å². The lowest BCUT2D eigenvalue weighted by Gasteiger charge is -2.22. The third kappa shape index (κ3) is 3.16. The van der Waals surface area contributed by atoms with Crippen LogP contribution < -0.4 is 5.32 Å². The maximum absolute atomic E-state index is 13.2. The summed E-state index contributed by atoms with van der Waals surface area (Å²) in [5, 5.41) is 12.1. The van der Waals surface area contributed by atoms with E-state index in [4.69, 9.17) is 5.11 Å². The molecule has 1 rings (SSSR count).